The molecule has 7 heteroatoms. The van der Waals surface area contributed by atoms with Gasteiger partial charge in [0, 0.05) is 17.1 Å². The molecule has 0 spiro atoms. The number of nitrogens with one attached hydrogen (secondary N) is 2. The Kier molecular flexibility index (Phi) is 6.17. The number of hydrogen-bond acceptors (Lipinski definition) is 6. The highest BCUT2D eigenvalue weighted by molar-refractivity contribution is 6.03. The van der Waals surface area contributed by atoms with Gasteiger partial charge in [-0.15, -0.1) is 0 Å². The first-order valence-corrected chi connectivity index (χ1v) is 9.93. The van der Waals surface area contributed by atoms with Crippen molar-refractivity contribution in [1.82, 2.24) is 9.97 Å². The lowest BCUT2D eigenvalue weighted by atomic mass is 10.2. The molecule has 1 aromatic heterocycles. The van der Waals surface area contributed by atoms with E-state index in [2.05, 4.69) is 20.6 Å². The molecule has 0 atom stereocenters. The largest absolute Gasteiger partial charge is 0.457 e. The van der Waals surface area contributed by atoms with Crippen LogP contribution in [-0.4, -0.2) is 21.7 Å². The van der Waals surface area contributed by atoms with Gasteiger partial charge in [-0.1, -0.05) is 30.3 Å². The fourth-order valence-corrected chi connectivity index (χ4v) is 2.94. The van der Waals surface area contributed by atoms with Crippen molar-refractivity contribution in [1.29, 1.82) is 0 Å². The van der Waals surface area contributed by atoms with Crippen molar-refractivity contribution in [3.63, 3.8) is 0 Å². The Labute approximate surface area is 184 Å². The number of hydrogen-bond donors (Lipinski definition) is 2. The number of fused-ring (bicyclic) bond motifs is 1. The Bertz CT molecular complexity index is 1290. The number of ketones is 1. The second kappa shape index (κ2) is 9.53. The SMILES string of the molecule is CC(=O)C=CC(=O)Nc1nc(Nc2ccc(Oc3ccccc3)cc2)c2ccccc2n1. The summed E-state index contributed by atoms with van der Waals surface area (Å²) >= 11 is 0. The highest BCUT2D eigenvalue weighted by Crippen LogP contribution is 2.27. The lowest BCUT2D eigenvalue weighted by molar-refractivity contribution is -0.114. The minimum absolute atomic E-state index is 0.133. The van der Waals surface area contributed by atoms with E-state index in [0.29, 0.717) is 17.1 Å². The molecule has 0 saturated carbocycles. The molecular formula is C25H20N4O3. The molecule has 0 radical (unpaired) electrons. The maximum absolute atomic E-state index is 12.0. The van der Waals surface area contributed by atoms with Crippen molar-refractivity contribution >= 4 is 40.0 Å². The van der Waals surface area contributed by atoms with Gasteiger partial charge < -0.3 is 10.1 Å². The fraction of sp³-hybridized carbons (Fsp3) is 0.0400. The van der Waals surface area contributed by atoms with Gasteiger partial charge >= 0.3 is 0 Å². The summed E-state index contributed by atoms with van der Waals surface area (Å²) in [6.45, 7) is 1.37. The number of anilines is 3. The molecule has 2 N–H and O–H groups in total. The van der Waals surface area contributed by atoms with Crippen molar-refractivity contribution in [3.05, 3.63) is 91.0 Å². The zero-order valence-corrected chi connectivity index (χ0v) is 17.3. The van der Waals surface area contributed by atoms with Crippen LogP contribution in [0.1, 0.15) is 6.92 Å². The number of carbonyl (C=O) groups excluding carboxylic acids is 2. The molecule has 1 amide bonds. The van der Waals surface area contributed by atoms with Crippen molar-refractivity contribution in [2.45, 2.75) is 6.92 Å². The summed E-state index contributed by atoms with van der Waals surface area (Å²) in [4.78, 5) is 31.9. The molecule has 3 aromatic carbocycles. The number of ether oxygens (including phenoxy) is 1. The Morgan fingerprint density at radius 3 is 2.25 bits per heavy atom. The molecule has 1 heterocycles. The van der Waals surface area contributed by atoms with Gasteiger partial charge in [-0.25, -0.2) is 4.98 Å². The second-order valence-corrected chi connectivity index (χ2v) is 6.91. The van der Waals surface area contributed by atoms with Crippen LogP contribution >= 0.6 is 0 Å². The Morgan fingerprint density at radius 1 is 0.812 bits per heavy atom. The molecule has 0 fully saturated rings. The van der Waals surface area contributed by atoms with E-state index in [9.17, 15) is 9.59 Å². The van der Waals surface area contributed by atoms with Crippen LogP contribution in [0.3, 0.4) is 0 Å². The maximum atomic E-state index is 12.0. The normalized spacial score (nSPS) is 10.8. The average Bonchev–Trinajstić information content (AvgIpc) is 2.80. The summed E-state index contributed by atoms with van der Waals surface area (Å²) < 4.78 is 5.83. The Balaban J connectivity index is 1.56. The van der Waals surface area contributed by atoms with Gasteiger partial charge in [0.05, 0.1) is 5.52 Å². The van der Waals surface area contributed by atoms with E-state index < -0.39 is 5.91 Å². The number of amides is 1. The zero-order valence-electron chi connectivity index (χ0n) is 17.3. The number of nitrogens with zero attached hydrogens (tertiary/aromatic N) is 2. The fourth-order valence-electron chi connectivity index (χ4n) is 2.94. The number of para-hydroxylation sites is 2. The van der Waals surface area contributed by atoms with Gasteiger partial charge in [0.25, 0.3) is 5.91 Å². The predicted octanol–water partition coefficient (Wildman–Crippen LogP) is 5.25. The van der Waals surface area contributed by atoms with Gasteiger partial charge in [0.2, 0.25) is 5.95 Å². The first-order valence-electron chi connectivity index (χ1n) is 9.93. The smallest absolute Gasteiger partial charge is 0.250 e. The number of allylic oxidation sites excluding steroid dienone is 1. The van der Waals surface area contributed by atoms with Crippen LogP contribution in [-0.2, 0) is 9.59 Å². The van der Waals surface area contributed by atoms with Gasteiger partial charge in [0.15, 0.2) is 5.78 Å². The Morgan fingerprint density at radius 2 is 1.50 bits per heavy atom. The summed E-state index contributed by atoms with van der Waals surface area (Å²) in [5, 5.41) is 6.66. The highest BCUT2D eigenvalue weighted by Gasteiger charge is 2.10. The van der Waals surface area contributed by atoms with Gasteiger partial charge in [-0.05, 0) is 61.5 Å². The summed E-state index contributed by atoms with van der Waals surface area (Å²) in [5.41, 5.74) is 1.46. The summed E-state index contributed by atoms with van der Waals surface area (Å²) in [5.74, 6) is 1.44. The quantitative estimate of drug-likeness (QED) is 0.394. The molecule has 0 saturated heterocycles. The number of rotatable bonds is 7. The van der Waals surface area contributed by atoms with E-state index in [1.54, 1.807) is 0 Å². The molecule has 7 nitrogen and oxygen atoms in total. The van der Waals surface area contributed by atoms with E-state index in [1.807, 2.05) is 78.9 Å². The third kappa shape index (κ3) is 5.34. The molecule has 158 valence electrons. The predicted molar refractivity (Wildman–Crippen MR) is 124 cm³/mol. The van der Waals surface area contributed by atoms with Gasteiger partial charge in [-0.3, -0.25) is 14.9 Å². The molecule has 0 aliphatic carbocycles. The van der Waals surface area contributed by atoms with E-state index in [1.165, 1.54) is 13.0 Å². The number of benzene rings is 3. The minimum Gasteiger partial charge on any atom is -0.457 e. The highest BCUT2D eigenvalue weighted by atomic mass is 16.5. The summed E-state index contributed by atoms with van der Waals surface area (Å²) in [7, 11) is 0. The lowest BCUT2D eigenvalue weighted by Crippen LogP contribution is -2.12. The van der Waals surface area contributed by atoms with E-state index in [-0.39, 0.29) is 11.7 Å². The van der Waals surface area contributed by atoms with Crippen molar-refractivity contribution in [2.24, 2.45) is 0 Å². The molecule has 32 heavy (non-hydrogen) atoms. The molecule has 0 aliphatic rings. The van der Waals surface area contributed by atoms with Crippen LogP contribution in [0.4, 0.5) is 17.5 Å². The maximum Gasteiger partial charge on any atom is 0.250 e. The molecular weight excluding hydrogens is 404 g/mol. The Hall–Kier alpha value is -4.52. The van der Waals surface area contributed by atoms with Crippen molar-refractivity contribution in [3.8, 4) is 11.5 Å². The van der Waals surface area contributed by atoms with Crippen molar-refractivity contribution < 1.29 is 14.3 Å². The van der Waals surface area contributed by atoms with Crippen molar-refractivity contribution in [2.75, 3.05) is 10.6 Å². The topological polar surface area (TPSA) is 93.2 Å². The third-order valence-electron chi connectivity index (χ3n) is 4.40. The number of carbonyl (C=O) groups is 2. The molecule has 0 bridgehead atoms. The standard InChI is InChI=1S/C25H20N4O3/c1-17(30)11-16-23(31)28-25-27-22-10-6-5-9-21(22)24(29-25)26-18-12-14-20(15-13-18)32-19-7-3-2-4-8-19/h2-16H,1H3,(H2,26,27,28,29,31). The molecule has 0 aliphatic heterocycles. The van der Waals surface area contributed by atoms with Crippen LogP contribution in [0.2, 0.25) is 0 Å². The van der Waals surface area contributed by atoms with Crippen LogP contribution in [0.15, 0.2) is 91.0 Å². The monoisotopic (exact) mass is 424 g/mol. The first-order chi connectivity index (χ1) is 15.6. The number of aromatic nitrogens is 2. The summed E-state index contributed by atoms with van der Waals surface area (Å²) in [6, 6.07) is 24.5. The van der Waals surface area contributed by atoms with Crippen LogP contribution in [0.5, 0.6) is 11.5 Å². The molecule has 0 unspecified atom stereocenters. The first kappa shape index (κ1) is 20.7. The van der Waals surface area contributed by atoms with Crippen LogP contribution < -0.4 is 15.4 Å². The van der Waals surface area contributed by atoms with E-state index >= 15 is 0 Å². The second-order valence-electron chi connectivity index (χ2n) is 6.91. The third-order valence-corrected chi connectivity index (χ3v) is 4.40. The average molecular weight is 424 g/mol. The van der Waals surface area contributed by atoms with Crippen LogP contribution in [0.25, 0.3) is 10.9 Å². The zero-order chi connectivity index (χ0) is 22.3. The van der Waals surface area contributed by atoms with Gasteiger partial charge in [-0.2, -0.15) is 4.98 Å². The minimum atomic E-state index is -0.483. The molecule has 4 rings (SSSR count). The van der Waals surface area contributed by atoms with E-state index in [0.717, 1.165) is 22.9 Å². The van der Waals surface area contributed by atoms with Gasteiger partial charge in [0.1, 0.15) is 17.3 Å². The van der Waals surface area contributed by atoms with E-state index in [4.69, 9.17) is 4.74 Å². The summed E-state index contributed by atoms with van der Waals surface area (Å²) in [6.07, 6.45) is 2.34. The van der Waals surface area contributed by atoms with Crippen LogP contribution in [0, 0.1) is 0 Å². The molecule has 4 aromatic rings. The lowest BCUT2D eigenvalue weighted by Gasteiger charge is -2.12.